The van der Waals surface area contributed by atoms with E-state index in [1.807, 2.05) is 0 Å². The third-order valence-electron chi connectivity index (χ3n) is 2.43. The van der Waals surface area contributed by atoms with E-state index >= 15 is 0 Å². The minimum atomic E-state index is -1.12. The van der Waals surface area contributed by atoms with Crippen molar-refractivity contribution in [1.29, 1.82) is 0 Å². The van der Waals surface area contributed by atoms with Gasteiger partial charge >= 0.3 is 5.97 Å². The lowest BCUT2D eigenvalue weighted by molar-refractivity contribution is -0.143. The smallest absolute Gasteiger partial charge is 0.329 e. The minimum absolute atomic E-state index is 0.321. The van der Waals surface area contributed by atoms with Crippen LogP contribution in [-0.2, 0) is 14.3 Å². The second-order valence-corrected chi connectivity index (χ2v) is 4.48. The zero-order valence-corrected chi connectivity index (χ0v) is 11.7. The lowest BCUT2D eigenvalue weighted by Crippen LogP contribution is -2.34. The van der Waals surface area contributed by atoms with Crippen LogP contribution in [-0.4, -0.2) is 35.7 Å². The quantitative estimate of drug-likeness (QED) is 0.573. The molecule has 0 radical (unpaired) electrons. The van der Waals surface area contributed by atoms with Gasteiger partial charge in [-0.25, -0.2) is 9.80 Å². The van der Waals surface area contributed by atoms with Crippen molar-refractivity contribution < 1.29 is 19.4 Å². The van der Waals surface area contributed by atoms with Crippen molar-refractivity contribution >= 4 is 35.9 Å². The molecule has 2 rings (SSSR count). The molecule has 0 saturated carbocycles. The van der Waals surface area contributed by atoms with Crippen LogP contribution < -0.4 is 15.9 Å². The molecule has 1 atom stereocenters. The van der Waals surface area contributed by atoms with E-state index in [2.05, 4.69) is 38.6 Å². The average molecular weight is 311 g/mol. The number of benzene rings is 1. The van der Waals surface area contributed by atoms with Crippen molar-refractivity contribution in [1.82, 2.24) is 5.53 Å². The lowest BCUT2D eigenvalue weighted by atomic mass is 10.2. The zero-order valence-electron chi connectivity index (χ0n) is 10.8. The van der Waals surface area contributed by atoms with Crippen LogP contribution in [0.3, 0.4) is 0 Å². The number of carboxylic acid groups (broad SMARTS) is 1. The third-order valence-corrected chi connectivity index (χ3v) is 2.77. The molecular formula is C11H13N5O4S. The van der Waals surface area contributed by atoms with Crippen LogP contribution >= 0.6 is 12.6 Å². The molecule has 1 unspecified atom stereocenters. The number of hydrazine groups is 1. The molecule has 1 heterocycles. The first-order chi connectivity index (χ1) is 10.1. The minimum Gasteiger partial charge on any atom is -0.480 e. The summed E-state index contributed by atoms with van der Waals surface area (Å²) in [5.41, 5.74) is 3.61. The Morgan fingerprint density at radius 3 is 2.67 bits per heavy atom. The maximum absolute atomic E-state index is 11.5. The summed E-state index contributed by atoms with van der Waals surface area (Å²) < 4.78 is 4.68. The Bertz CT molecular complexity index is 550. The second kappa shape index (κ2) is 6.90. The Morgan fingerprint density at radius 1 is 1.38 bits per heavy atom. The molecule has 1 amide bonds. The molecule has 0 fully saturated rings. The second-order valence-electron chi connectivity index (χ2n) is 4.01. The Labute approximate surface area is 125 Å². The highest BCUT2D eigenvalue weighted by Gasteiger charge is 2.18. The Hall–Kier alpha value is -2.33. The van der Waals surface area contributed by atoms with Gasteiger partial charge in [0.05, 0.1) is 5.69 Å². The maximum atomic E-state index is 11.5. The molecule has 0 aromatic heterocycles. The fourth-order valence-corrected chi connectivity index (χ4v) is 1.79. The van der Waals surface area contributed by atoms with Gasteiger partial charge < -0.3 is 15.2 Å². The summed E-state index contributed by atoms with van der Waals surface area (Å²) in [6.45, 7) is -0.832. The van der Waals surface area contributed by atoms with Crippen molar-refractivity contribution in [2.24, 2.45) is 10.3 Å². The van der Waals surface area contributed by atoms with E-state index in [1.54, 1.807) is 29.3 Å². The zero-order chi connectivity index (χ0) is 15.2. The summed E-state index contributed by atoms with van der Waals surface area (Å²) in [6, 6.07) is 6.87. The van der Waals surface area contributed by atoms with Gasteiger partial charge in [-0.2, -0.15) is 5.53 Å². The molecule has 1 aliphatic heterocycles. The van der Waals surface area contributed by atoms with Gasteiger partial charge in [0.2, 0.25) is 11.4 Å². The highest BCUT2D eigenvalue weighted by molar-refractivity contribution is 7.81. The summed E-state index contributed by atoms with van der Waals surface area (Å²) in [6.07, 6.45) is 0. The molecule has 1 aromatic rings. The van der Waals surface area contributed by atoms with Gasteiger partial charge in [0.25, 0.3) is 0 Å². The molecular weight excluding hydrogens is 298 g/mol. The Balaban J connectivity index is 1.85. The van der Waals surface area contributed by atoms with Crippen LogP contribution in [0.1, 0.15) is 0 Å². The molecule has 0 aliphatic carbocycles. The number of carbonyl (C=O) groups excluding carboxylic acids is 1. The lowest BCUT2D eigenvalue weighted by Gasteiger charge is -2.19. The Morgan fingerprint density at radius 2 is 2.10 bits per heavy atom. The number of rotatable bonds is 6. The molecule has 21 heavy (non-hydrogen) atoms. The predicted molar refractivity (Wildman–Crippen MR) is 76.8 cm³/mol. The van der Waals surface area contributed by atoms with Crippen molar-refractivity contribution in [3.8, 4) is 0 Å². The molecule has 1 aromatic carbocycles. The number of anilines is 2. The fourth-order valence-electron chi connectivity index (χ4n) is 1.55. The number of amides is 1. The van der Waals surface area contributed by atoms with E-state index in [1.165, 1.54) is 0 Å². The van der Waals surface area contributed by atoms with Crippen LogP contribution in [0.5, 0.6) is 0 Å². The van der Waals surface area contributed by atoms with Crippen LogP contribution in [0, 0.1) is 0 Å². The molecule has 9 nitrogen and oxygen atoms in total. The molecule has 0 bridgehead atoms. The van der Waals surface area contributed by atoms with Gasteiger partial charge in [0.15, 0.2) is 0 Å². The number of carbonyl (C=O) groups is 2. The van der Waals surface area contributed by atoms with Crippen LogP contribution in [0.15, 0.2) is 34.6 Å². The largest absolute Gasteiger partial charge is 0.480 e. The molecule has 3 N–H and O–H groups in total. The van der Waals surface area contributed by atoms with Gasteiger partial charge in [-0.15, -0.1) is 17.7 Å². The molecule has 1 aliphatic rings. The standard InChI is InChI=1S/C11H13N5O4S/c17-9(5-20-6-10(18)19)12-7-1-3-8(4-2-7)16-11(21)13-14-15-16/h1-4,11,21H,5-6H2,(H,12,17)(H,13,15)(H,18,19). The van der Waals surface area contributed by atoms with E-state index in [9.17, 15) is 9.59 Å². The molecule has 0 saturated heterocycles. The highest BCUT2D eigenvalue weighted by atomic mass is 32.1. The topological polar surface area (TPSA) is 116 Å². The van der Waals surface area contributed by atoms with E-state index < -0.39 is 24.0 Å². The molecule has 0 spiro atoms. The summed E-state index contributed by atoms with van der Waals surface area (Å²) in [7, 11) is 0. The third kappa shape index (κ3) is 4.33. The van der Waals surface area contributed by atoms with E-state index in [4.69, 9.17) is 5.11 Å². The van der Waals surface area contributed by atoms with Crippen molar-refractivity contribution in [3.05, 3.63) is 24.3 Å². The number of hydrogen-bond acceptors (Lipinski definition) is 8. The van der Waals surface area contributed by atoms with Crippen molar-refractivity contribution in [2.45, 2.75) is 5.50 Å². The number of nitrogens with zero attached hydrogens (tertiary/aromatic N) is 3. The Kier molecular flexibility index (Phi) is 4.95. The number of nitrogens with one attached hydrogen (secondary N) is 2. The number of carboxylic acids is 1. The monoisotopic (exact) mass is 311 g/mol. The van der Waals surface area contributed by atoms with E-state index in [0.717, 1.165) is 5.69 Å². The molecule has 10 heteroatoms. The van der Waals surface area contributed by atoms with Crippen LogP contribution in [0.2, 0.25) is 0 Å². The number of ether oxygens (including phenoxy) is 1. The first-order valence-corrected chi connectivity index (χ1v) is 6.40. The number of aliphatic carboxylic acids is 1. The average Bonchev–Trinajstić information content (AvgIpc) is 2.85. The van der Waals surface area contributed by atoms with Gasteiger partial charge in [-0.3, -0.25) is 4.79 Å². The van der Waals surface area contributed by atoms with Gasteiger partial charge in [0, 0.05) is 5.69 Å². The fraction of sp³-hybridized carbons (Fsp3) is 0.273. The SMILES string of the molecule is O=C(O)COCC(=O)Nc1ccc(N2NN=NC2S)cc1. The van der Waals surface area contributed by atoms with Crippen LogP contribution in [0.4, 0.5) is 11.4 Å². The predicted octanol–water partition coefficient (Wildman–Crippen LogP) is 0.631. The maximum Gasteiger partial charge on any atom is 0.329 e. The van der Waals surface area contributed by atoms with Gasteiger partial charge in [-0.1, -0.05) is 5.22 Å². The van der Waals surface area contributed by atoms with E-state index in [0.29, 0.717) is 5.69 Å². The van der Waals surface area contributed by atoms with Crippen molar-refractivity contribution in [2.75, 3.05) is 23.5 Å². The van der Waals surface area contributed by atoms with E-state index in [-0.39, 0.29) is 6.61 Å². The van der Waals surface area contributed by atoms with Crippen molar-refractivity contribution in [3.63, 3.8) is 0 Å². The highest BCUT2D eigenvalue weighted by Crippen LogP contribution is 2.22. The summed E-state index contributed by atoms with van der Waals surface area (Å²) >= 11 is 4.20. The first-order valence-electron chi connectivity index (χ1n) is 5.88. The first kappa shape index (κ1) is 15.1. The summed E-state index contributed by atoms with van der Waals surface area (Å²) in [4.78, 5) is 21.7. The number of hydrogen-bond donors (Lipinski definition) is 4. The number of thiol groups is 1. The normalized spacial score (nSPS) is 16.6. The van der Waals surface area contributed by atoms with Crippen LogP contribution in [0.25, 0.3) is 0 Å². The summed E-state index contributed by atoms with van der Waals surface area (Å²) in [5.74, 6) is -1.55. The van der Waals surface area contributed by atoms with Gasteiger partial charge in [-0.05, 0) is 24.3 Å². The summed E-state index contributed by atoms with van der Waals surface area (Å²) in [5, 5.41) is 20.0. The molecule has 112 valence electrons. The van der Waals surface area contributed by atoms with Gasteiger partial charge in [0.1, 0.15) is 13.2 Å².